The Kier molecular flexibility index (Phi) is 10.6. The lowest BCUT2D eigenvalue weighted by molar-refractivity contribution is 0.424. The summed E-state index contributed by atoms with van der Waals surface area (Å²) in [5.41, 5.74) is 5.25. The molecule has 0 amide bonds. The molecule has 0 heterocycles. The Labute approximate surface area is 174 Å². The van der Waals surface area contributed by atoms with Crippen molar-refractivity contribution in [2.24, 2.45) is 0 Å². The first kappa shape index (κ1) is 22.9. The summed E-state index contributed by atoms with van der Waals surface area (Å²) in [7, 11) is -2.76. The van der Waals surface area contributed by atoms with E-state index in [9.17, 15) is 0 Å². The Morgan fingerprint density at radius 2 is 1.00 bits per heavy atom. The largest absolute Gasteiger partial charge is 0.488 e. The lowest BCUT2D eigenvalue weighted by atomic mass is 9.79. The maximum atomic E-state index is 8.99. The Bertz CT molecular complexity index is 662. The van der Waals surface area contributed by atoms with E-state index in [0.29, 0.717) is 21.6 Å². The second-order valence-corrected chi connectivity index (χ2v) is 7.17. The fourth-order valence-corrected chi connectivity index (χ4v) is 3.19. The number of hydrogen-bond acceptors (Lipinski definition) is 4. The van der Waals surface area contributed by atoms with Crippen LogP contribution in [0.1, 0.15) is 22.3 Å². The van der Waals surface area contributed by atoms with Crippen molar-refractivity contribution in [3.05, 3.63) is 58.7 Å². The SMILES string of the molecule is Cc1cc(CBr)cc(B(O)O)c1.OB(O)c1cc(CBr)cc(CBr)c1. The van der Waals surface area contributed by atoms with Gasteiger partial charge in [-0.25, -0.2) is 0 Å². The van der Waals surface area contributed by atoms with Crippen molar-refractivity contribution in [2.45, 2.75) is 22.9 Å². The molecule has 9 heteroatoms. The van der Waals surface area contributed by atoms with Crippen molar-refractivity contribution in [3.63, 3.8) is 0 Å². The maximum absolute atomic E-state index is 8.99. The van der Waals surface area contributed by atoms with Gasteiger partial charge in [0.1, 0.15) is 0 Å². The Balaban J connectivity index is 0.000000251. The van der Waals surface area contributed by atoms with Gasteiger partial charge in [0.25, 0.3) is 0 Å². The molecule has 0 unspecified atom stereocenters. The highest BCUT2D eigenvalue weighted by molar-refractivity contribution is 9.09. The molecule has 0 aromatic heterocycles. The van der Waals surface area contributed by atoms with Gasteiger partial charge in [-0.15, -0.1) is 0 Å². The monoisotopic (exact) mass is 534 g/mol. The summed E-state index contributed by atoms with van der Waals surface area (Å²) in [6.45, 7) is 1.93. The maximum Gasteiger partial charge on any atom is 0.488 e. The minimum absolute atomic E-state index is 0.534. The standard InChI is InChI=1S/C8H9BBr2O2.C8H10BBrO2/c10-4-6-1-7(5-11)3-8(2-6)9(12)13;1-6-2-7(5-10)4-8(3-6)9(11)12/h1-3,12-13H,4-5H2;2-4,11-12H,5H2,1H3. The molecular weight excluding hydrogens is 518 g/mol. The number of benzene rings is 2. The van der Waals surface area contributed by atoms with E-state index in [4.69, 9.17) is 20.1 Å². The van der Waals surface area contributed by atoms with Crippen molar-refractivity contribution < 1.29 is 20.1 Å². The van der Waals surface area contributed by atoms with Crippen molar-refractivity contribution >= 4 is 73.0 Å². The lowest BCUT2D eigenvalue weighted by Gasteiger charge is -2.05. The average molecular weight is 537 g/mol. The van der Waals surface area contributed by atoms with Crippen molar-refractivity contribution in [3.8, 4) is 0 Å². The zero-order chi connectivity index (χ0) is 19.0. The average Bonchev–Trinajstić information content (AvgIpc) is 2.60. The van der Waals surface area contributed by atoms with E-state index >= 15 is 0 Å². The third-order valence-corrected chi connectivity index (χ3v) is 5.24. The summed E-state index contributed by atoms with van der Waals surface area (Å²) in [5, 5.41) is 38.0. The van der Waals surface area contributed by atoms with Crippen LogP contribution in [0.5, 0.6) is 0 Å². The topological polar surface area (TPSA) is 80.9 Å². The van der Waals surface area contributed by atoms with Crippen molar-refractivity contribution in [1.29, 1.82) is 0 Å². The summed E-state index contributed by atoms with van der Waals surface area (Å²) >= 11 is 9.96. The van der Waals surface area contributed by atoms with Crippen LogP contribution >= 0.6 is 47.8 Å². The molecule has 0 aliphatic rings. The number of halogens is 3. The molecule has 2 aromatic carbocycles. The quantitative estimate of drug-likeness (QED) is 0.347. The van der Waals surface area contributed by atoms with Gasteiger partial charge in [0.2, 0.25) is 0 Å². The number of rotatable bonds is 5. The van der Waals surface area contributed by atoms with Gasteiger partial charge in [-0.05, 0) is 34.5 Å². The molecule has 0 radical (unpaired) electrons. The molecule has 0 fully saturated rings. The summed E-state index contributed by atoms with van der Waals surface area (Å²) in [5.74, 6) is 0. The minimum Gasteiger partial charge on any atom is -0.423 e. The molecule has 0 saturated carbocycles. The molecule has 4 nitrogen and oxygen atoms in total. The molecule has 0 saturated heterocycles. The van der Waals surface area contributed by atoms with Crippen LogP contribution in [-0.2, 0) is 16.0 Å². The molecule has 0 bridgehead atoms. The summed E-state index contributed by atoms with van der Waals surface area (Å²) in [6.07, 6.45) is 0. The van der Waals surface area contributed by atoms with Crippen LogP contribution in [0.15, 0.2) is 36.4 Å². The van der Waals surface area contributed by atoms with Gasteiger partial charge >= 0.3 is 14.2 Å². The van der Waals surface area contributed by atoms with Crippen LogP contribution in [0.3, 0.4) is 0 Å². The van der Waals surface area contributed by atoms with Gasteiger partial charge in [-0.1, -0.05) is 89.8 Å². The summed E-state index contributed by atoms with van der Waals surface area (Å²) in [6, 6.07) is 11.1. The molecule has 0 aliphatic heterocycles. The highest BCUT2D eigenvalue weighted by Crippen LogP contribution is 2.10. The first-order valence-corrected chi connectivity index (χ1v) is 10.8. The molecule has 134 valence electrons. The molecular formula is C16H19B2Br3O4. The second-order valence-electron chi connectivity index (χ2n) is 5.48. The fourth-order valence-electron chi connectivity index (χ4n) is 2.22. The first-order chi connectivity index (χ1) is 11.8. The zero-order valence-electron chi connectivity index (χ0n) is 13.7. The number of hydrogen-bond donors (Lipinski definition) is 4. The fraction of sp³-hybridized carbons (Fsp3) is 0.250. The zero-order valence-corrected chi connectivity index (χ0v) is 18.4. The predicted octanol–water partition coefficient (Wildman–Crippen LogP) is 1.73. The van der Waals surface area contributed by atoms with Crippen LogP contribution in [0, 0.1) is 6.92 Å². The van der Waals surface area contributed by atoms with E-state index in [1.165, 1.54) is 0 Å². The first-order valence-electron chi connectivity index (χ1n) is 7.44. The predicted molar refractivity (Wildman–Crippen MR) is 115 cm³/mol. The van der Waals surface area contributed by atoms with Crippen LogP contribution in [0.4, 0.5) is 0 Å². The molecule has 25 heavy (non-hydrogen) atoms. The molecule has 2 rings (SSSR count). The Hall–Kier alpha value is -0.150. The van der Waals surface area contributed by atoms with Crippen LogP contribution in [0.2, 0.25) is 0 Å². The Morgan fingerprint density at radius 3 is 1.36 bits per heavy atom. The highest BCUT2D eigenvalue weighted by Gasteiger charge is 2.12. The van der Waals surface area contributed by atoms with Crippen LogP contribution in [-0.4, -0.2) is 34.3 Å². The number of aryl methyl sites for hydroxylation is 1. The summed E-state index contributed by atoms with van der Waals surface area (Å²) in [4.78, 5) is 0. The van der Waals surface area contributed by atoms with Gasteiger partial charge in [-0.2, -0.15) is 0 Å². The highest BCUT2D eigenvalue weighted by atomic mass is 79.9. The third kappa shape index (κ3) is 7.95. The van der Waals surface area contributed by atoms with E-state index in [1.807, 2.05) is 19.1 Å². The Morgan fingerprint density at radius 1 is 0.640 bits per heavy atom. The van der Waals surface area contributed by atoms with E-state index in [-0.39, 0.29) is 0 Å². The van der Waals surface area contributed by atoms with Crippen molar-refractivity contribution in [1.82, 2.24) is 0 Å². The van der Waals surface area contributed by atoms with Gasteiger partial charge in [0.05, 0.1) is 0 Å². The van der Waals surface area contributed by atoms with Crippen LogP contribution < -0.4 is 10.9 Å². The molecule has 2 aromatic rings. The smallest absolute Gasteiger partial charge is 0.423 e. The van der Waals surface area contributed by atoms with Crippen LogP contribution in [0.25, 0.3) is 0 Å². The van der Waals surface area contributed by atoms with E-state index in [2.05, 4.69) is 47.8 Å². The van der Waals surface area contributed by atoms with Crippen molar-refractivity contribution in [2.75, 3.05) is 0 Å². The van der Waals surface area contributed by atoms with Gasteiger partial charge in [-0.3, -0.25) is 0 Å². The van der Waals surface area contributed by atoms with Gasteiger partial charge in [0, 0.05) is 16.0 Å². The normalized spacial score (nSPS) is 10.1. The van der Waals surface area contributed by atoms with Gasteiger partial charge < -0.3 is 20.1 Å². The number of alkyl halides is 3. The summed E-state index contributed by atoms with van der Waals surface area (Å²) < 4.78 is 0. The lowest BCUT2D eigenvalue weighted by Crippen LogP contribution is -2.30. The van der Waals surface area contributed by atoms with Gasteiger partial charge in [0.15, 0.2) is 0 Å². The second kappa shape index (κ2) is 11.5. The third-order valence-electron chi connectivity index (χ3n) is 3.29. The van der Waals surface area contributed by atoms with E-state index < -0.39 is 14.2 Å². The molecule has 0 atom stereocenters. The molecule has 0 spiro atoms. The van der Waals surface area contributed by atoms with E-state index in [0.717, 1.165) is 27.6 Å². The molecule has 4 N–H and O–H groups in total. The molecule has 0 aliphatic carbocycles. The minimum atomic E-state index is -1.39. The van der Waals surface area contributed by atoms with E-state index in [1.54, 1.807) is 24.3 Å².